The number of rotatable bonds is 8. The standard InChI is InChI=1S/C25H31N3O4/c1-6-27(7-2)12-13-28-22(19-10-8-9-11-26-19)21(24(30)25(28)31)23(29)18-14-17(4)20(32-5)15-16(18)3/h8-11,14-15,22,29H,6-7,12-13H2,1-5H3/b23-21+. The Morgan fingerprint density at radius 2 is 1.88 bits per heavy atom. The van der Waals surface area contributed by atoms with Gasteiger partial charge in [0.05, 0.1) is 18.4 Å². The Labute approximate surface area is 189 Å². The van der Waals surface area contributed by atoms with Crippen molar-refractivity contribution in [3.05, 3.63) is 64.5 Å². The molecular weight excluding hydrogens is 406 g/mol. The first-order valence-electron chi connectivity index (χ1n) is 10.9. The van der Waals surface area contributed by atoms with E-state index in [2.05, 4.69) is 23.7 Å². The molecule has 2 aromatic rings. The van der Waals surface area contributed by atoms with Crippen LogP contribution in [0.4, 0.5) is 0 Å². The van der Waals surface area contributed by atoms with Crippen molar-refractivity contribution in [3.63, 3.8) is 0 Å². The van der Waals surface area contributed by atoms with Crippen molar-refractivity contribution in [1.29, 1.82) is 0 Å². The maximum absolute atomic E-state index is 13.1. The number of hydrogen-bond donors (Lipinski definition) is 1. The summed E-state index contributed by atoms with van der Waals surface area (Å²) in [7, 11) is 1.59. The van der Waals surface area contributed by atoms with E-state index in [1.807, 2.05) is 26.0 Å². The topological polar surface area (TPSA) is 83.0 Å². The van der Waals surface area contributed by atoms with E-state index in [9.17, 15) is 14.7 Å². The second-order valence-electron chi connectivity index (χ2n) is 7.91. The summed E-state index contributed by atoms with van der Waals surface area (Å²) in [5.74, 6) is -0.796. The van der Waals surface area contributed by atoms with Gasteiger partial charge in [-0.3, -0.25) is 14.6 Å². The molecule has 0 spiro atoms. The van der Waals surface area contributed by atoms with Gasteiger partial charge < -0.3 is 19.6 Å². The van der Waals surface area contributed by atoms with Crippen LogP contribution in [0.5, 0.6) is 5.75 Å². The van der Waals surface area contributed by atoms with Crippen molar-refractivity contribution in [2.24, 2.45) is 0 Å². The van der Waals surface area contributed by atoms with Crippen LogP contribution in [0.25, 0.3) is 5.76 Å². The minimum absolute atomic E-state index is 0.0703. The first-order valence-corrected chi connectivity index (χ1v) is 10.9. The van der Waals surface area contributed by atoms with Crippen molar-refractivity contribution in [1.82, 2.24) is 14.8 Å². The molecule has 0 radical (unpaired) electrons. The average Bonchev–Trinajstić information content (AvgIpc) is 3.06. The summed E-state index contributed by atoms with van der Waals surface area (Å²) in [4.78, 5) is 34.3. The number of aromatic nitrogens is 1. The van der Waals surface area contributed by atoms with Gasteiger partial charge in [0.2, 0.25) is 0 Å². The summed E-state index contributed by atoms with van der Waals surface area (Å²) in [5.41, 5.74) is 2.70. The van der Waals surface area contributed by atoms with E-state index < -0.39 is 17.7 Å². The van der Waals surface area contributed by atoms with Crippen molar-refractivity contribution in [3.8, 4) is 5.75 Å². The minimum Gasteiger partial charge on any atom is -0.507 e. The first-order chi connectivity index (χ1) is 15.3. The molecule has 0 aliphatic carbocycles. The zero-order valence-corrected chi connectivity index (χ0v) is 19.4. The molecule has 0 saturated carbocycles. The molecule has 2 heterocycles. The maximum atomic E-state index is 13.1. The third-order valence-corrected chi connectivity index (χ3v) is 6.06. The number of benzene rings is 1. The number of nitrogens with zero attached hydrogens (tertiary/aromatic N) is 3. The molecule has 7 nitrogen and oxygen atoms in total. The van der Waals surface area contributed by atoms with E-state index in [0.717, 1.165) is 24.2 Å². The highest BCUT2D eigenvalue weighted by molar-refractivity contribution is 6.46. The van der Waals surface area contributed by atoms with Crippen molar-refractivity contribution in [2.45, 2.75) is 33.7 Å². The summed E-state index contributed by atoms with van der Waals surface area (Å²) in [6, 6.07) is 8.23. The molecule has 32 heavy (non-hydrogen) atoms. The average molecular weight is 438 g/mol. The van der Waals surface area contributed by atoms with Gasteiger partial charge in [0.1, 0.15) is 17.6 Å². The summed E-state index contributed by atoms with van der Waals surface area (Å²) in [5, 5.41) is 11.3. The lowest BCUT2D eigenvalue weighted by Crippen LogP contribution is -2.38. The third-order valence-electron chi connectivity index (χ3n) is 6.06. The van der Waals surface area contributed by atoms with Crippen molar-refractivity contribution < 1.29 is 19.4 Å². The van der Waals surface area contributed by atoms with Crippen LogP contribution in [0.1, 0.15) is 42.3 Å². The quantitative estimate of drug-likeness (QED) is 0.387. The lowest BCUT2D eigenvalue weighted by atomic mass is 9.95. The number of aryl methyl sites for hydroxylation is 2. The number of carbonyl (C=O) groups is 2. The number of carbonyl (C=O) groups excluding carboxylic acids is 2. The van der Waals surface area contributed by atoms with Gasteiger partial charge in [-0.2, -0.15) is 0 Å². The van der Waals surface area contributed by atoms with Gasteiger partial charge in [-0.05, 0) is 62.3 Å². The molecule has 3 rings (SSSR count). The van der Waals surface area contributed by atoms with Gasteiger partial charge in [0.15, 0.2) is 0 Å². The molecule has 1 aromatic heterocycles. The van der Waals surface area contributed by atoms with Crippen LogP contribution in [0.2, 0.25) is 0 Å². The highest BCUT2D eigenvalue weighted by Gasteiger charge is 2.46. The Hall–Kier alpha value is -3.19. The molecule has 1 aliphatic heterocycles. The van der Waals surface area contributed by atoms with Crippen LogP contribution in [-0.4, -0.2) is 64.9 Å². The van der Waals surface area contributed by atoms with E-state index in [-0.39, 0.29) is 11.3 Å². The van der Waals surface area contributed by atoms with E-state index in [0.29, 0.717) is 30.1 Å². The molecule has 0 bridgehead atoms. The molecule has 1 atom stereocenters. The zero-order chi connectivity index (χ0) is 23.4. The summed E-state index contributed by atoms with van der Waals surface area (Å²) < 4.78 is 5.37. The highest BCUT2D eigenvalue weighted by Crippen LogP contribution is 2.39. The SMILES string of the molecule is CCN(CC)CCN1C(=O)C(=O)/C(=C(/O)c2cc(C)c(OC)cc2C)C1c1ccccn1. The number of pyridine rings is 1. The molecule has 1 amide bonds. The molecule has 1 N–H and O–H groups in total. The number of hydrogen-bond acceptors (Lipinski definition) is 6. The Balaban J connectivity index is 2.13. The number of ketones is 1. The molecule has 7 heteroatoms. The van der Waals surface area contributed by atoms with Crippen molar-refractivity contribution >= 4 is 17.4 Å². The van der Waals surface area contributed by atoms with Gasteiger partial charge in [-0.25, -0.2) is 0 Å². The second-order valence-corrected chi connectivity index (χ2v) is 7.91. The number of ether oxygens (including phenoxy) is 1. The smallest absolute Gasteiger partial charge is 0.295 e. The highest BCUT2D eigenvalue weighted by atomic mass is 16.5. The van der Waals surface area contributed by atoms with Crippen LogP contribution in [0.15, 0.2) is 42.1 Å². The molecular formula is C25H31N3O4. The normalized spacial score (nSPS) is 17.9. The second kappa shape index (κ2) is 9.96. The lowest BCUT2D eigenvalue weighted by molar-refractivity contribution is -0.140. The minimum atomic E-state index is -0.742. The Bertz CT molecular complexity index is 1030. The molecule has 1 fully saturated rings. The van der Waals surface area contributed by atoms with E-state index in [1.165, 1.54) is 4.90 Å². The number of methoxy groups -OCH3 is 1. The number of aliphatic hydroxyl groups is 1. The van der Waals surface area contributed by atoms with E-state index in [1.54, 1.807) is 31.5 Å². The molecule has 1 aromatic carbocycles. The maximum Gasteiger partial charge on any atom is 0.295 e. The van der Waals surface area contributed by atoms with E-state index >= 15 is 0 Å². The van der Waals surface area contributed by atoms with Crippen LogP contribution in [0.3, 0.4) is 0 Å². The van der Waals surface area contributed by atoms with Gasteiger partial charge in [0.25, 0.3) is 11.7 Å². The van der Waals surface area contributed by atoms with Crippen LogP contribution in [0, 0.1) is 13.8 Å². The predicted molar refractivity (Wildman–Crippen MR) is 124 cm³/mol. The third kappa shape index (κ3) is 4.39. The first kappa shape index (κ1) is 23.5. The fraction of sp³-hybridized carbons (Fsp3) is 0.400. The number of Topliss-reactive ketones (excluding diaryl/α,β-unsaturated/α-hetero) is 1. The fourth-order valence-corrected chi connectivity index (χ4v) is 4.15. The number of aliphatic hydroxyl groups excluding tert-OH is 1. The zero-order valence-electron chi connectivity index (χ0n) is 19.4. The largest absolute Gasteiger partial charge is 0.507 e. The summed E-state index contributed by atoms with van der Waals surface area (Å²) in [6.45, 7) is 10.5. The monoisotopic (exact) mass is 437 g/mol. The summed E-state index contributed by atoms with van der Waals surface area (Å²) >= 11 is 0. The summed E-state index contributed by atoms with van der Waals surface area (Å²) in [6.07, 6.45) is 1.63. The Morgan fingerprint density at radius 3 is 2.47 bits per heavy atom. The Morgan fingerprint density at radius 1 is 1.16 bits per heavy atom. The van der Waals surface area contributed by atoms with E-state index in [4.69, 9.17) is 4.74 Å². The van der Waals surface area contributed by atoms with Gasteiger partial charge >= 0.3 is 0 Å². The van der Waals surface area contributed by atoms with Crippen molar-refractivity contribution in [2.75, 3.05) is 33.3 Å². The Kier molecular flexibility index (Phi) is 7.30. The molecule has 1 unspecified atom stereocenters. The fourth-order valence-electron chi connectivity index (χ4n) is 4.15. The molecule has 170 valence electrons. The van der Waals surface area contributed by atoms with Crippen LogP contribution >= 0.6 is 0 Å². The molecule has 1 aliphatic rings. The van der Waals surface area contributed by atoms with Crippen LogP contribution in [-0.2, 0) is 9.59 Å². The van der Waals surface area contributed by atoms with Gasteiger partial charge in [0, 0.05) is 24.8 Å². The van der Waals surface area contributed by atoms with Gasteiger partial charge in [-0.15, -0.1) is 0 Å². The number of likely N-dealkylation sites (N-methyl/N-ethyl adjacent to an activating group) is 1. The molecule has 1 saturated heterocycles. The van der Waals surface area contributed by atoms with Crippen LogP contribution < -0.4 is 4.74 Å². The lowest BCUT2D eigenvalue weighted by Gasteiger charge is -2.27. The number of likely N-dealkylation sites (tertiary alicyclic amines) is 1. The predicted octanol–water partition coefficient (Wildman–Crippen LogP) is 3.47. The van der Waals surface area contributed by atoms with Gasteiger partial charge in [-0.1, -0.05) is 19.9 Å². The number of amides is 1.